The molecule has 2 amide bonds. The van der Waals surface area contributed by atoms with Gasteiger partial charge in [-0.25, -0.2) is 9.59 Å². The number of piperidine rings is 2. The monoisotopic (exact) mass is 838 g/mol. The van der Waals surface area contributed by atoms with Gasteiger partial charge in [0.25, 0.3) is 0 Å². The summed E-state index contributed by atoms with van der Waals surface area (Å²) in [4.78, 5) is 33.1. The van der Waals surface area contributed by atoms with E-state index in [0.717, 1.165) is 94.4 Å². The predicted octanol–water partition coefficient (Wildman–Crippen LogP) is 7.96. The van der Waals surface area contributed by atoms with Crippen LogP contribution in [0.15, 0.2) is 42.5 Å². The third-order valence-electron chi connectivity index (χ3n) is 12.9. The molecule has 6 fully saturated rings. The first kappa shape index (κ1) is 43.8. The Labute approximate surface area is 356 Å². The number of ether oxygens (including phenoxy) is 6. The van der Waals surface area contributed by atoms with Crippen LogP contribution < -0.4 is 9.47 Å². The molecule has 8 rings (SSSR count). The number of carbonyl (C=O) groups excluding carboxylic acids is 2. The highest BCUT2D eigenvalue weighted by atomic mass is 35.5. The number of amides is 2. The van der Waals surface area contributed by atoms with Crippen LogP contribution in [0.5, 0.6) is 11.5 Å². The maximum atomic E-state index is 12.2. The smallest absolute Gasteiger partial charge is 0.410 e. The maximum Gasteiger partial charge on any atom is 0.410 e. The van der Waals surface area contributed by atoms with Crippen LogP contribution in [0.2, 0.25) is 5.02 Å². The van der Waals surface area contributed by atoms with Crippen LogP contribution >= 0.6 is 11.6 Å². The molecule has 0 unspecified atom stereocenters. The van der Waals surface area contributed by atoms with Crippen molar-refractivity contribution in [2.45, 2.75) is 126 Å². The highest BCUT2D eigenvalue weighted by molar-refractivity contribution is 6.30. The lowest BCUT2D eigenvalue weighted by molar-refractivity contribution is -0.109. The van der Waals surface area contributed by atoms with Gasteiger partial charge < -0.3 is 38.2 Å². The van der Waals surface area contributed by atoms with Gasteiger partial charge in [0.05, 0.1) is 53.6 Å². The van der Waals surface area contributed by atoms with Crippen molar-refractivity contribution in [1.82, 2.24) is 19.6 Å². The van der Waals surface area contributed by atoms with Crippen LogP contribution in [0.1, 0.15) is 103 Å². The molecule has 2 aromatic rings. The molecule has 12 nitrogen and oxygen atoms in total. The van der Waals surface area contributed by atoms with Crippen molar-refractivity contribution in [2.24, 2.45) is 0 Å². The quantitative estimate of drug-likeness (QED) is 0.285. The van der Waals surface area contributed by atoms with Crippen molar-refractivity contribution < 1.29 is 38.0 Å². The second-order valence-corrected chi connectivity index (χ2v) is 20.1. The number of hydrogen-bond acceptors (Lipinski definition) is 10. The zero-order chi connectivity index (χ0) is 42.2. The van der Waals surface area contributed by atoms with E-state index in [1.807, 2.05) is 65.8 Å². The molecule has 0 aliphatic carbocycles. The maximum absolute atomic E-state index is 12.2. The van der Waals surface area contributed by atoms with Crippen LogP contribution in [-0.4, -0.2) is 146 Å². The highest BCUT2D eigenvalue weighted by Gasteiger charge is 2.54. The Hall–Kier alpha value is -3.29. The van der Waals surface area contributed by atoms with E-state index in [2.05, 4.69) is 28.0 Å². The minimum absolute atomic E-state index is 0.166. The van der Waals surface area contributed by atoms with Crippen LogP contribution in [0.4, 0.5) is 9.59 Å². The average molecular weight is 840 g/mol. The van der Waals surface area contributed by atoms with Crippen molar-refractivity contribution in [3.8, 4) is 11.5 Å². The lowest BCUT2D eigenvalue weighted by atomic mass is 9.86. The summed E-state index contributed by atoms with van der Waals surface area (Å²) in [7, 11) is 3.47. The number of hydrogen-bond donors (Lipinski definition) is 0. The third-order valence-corrected chi connectivity index (χ3v) is 13.1. The largest absolute Gasteiger partial charge is 0.496 e. The number of nitrogens with zero attached hydrogens (tertiary/aromatic N) is 4. The number of methoxy groups -OCH3 is 2. The second kappa shape index (κ2) is 17.6. The summed E-state index contributed by atoms with van der Waals surface area (Å²) in [6, 6.07) is 15.2. The molecule has 6 heterocycles. The standard InChI is InChI=1S/C23H33ClN2O4.C23H34N2O4/c1-22(2,3)30-21(27)26-14-23(15-26)12-18(13-29-23)25-9-7-16(8-10-25)19-11-17(24)5-6-20(19)28-4;1-22(2,3)29-21(26)25-15-23(16-25)13-18(14-28-23)24-11-9-17(10-12-24)19-7-5-6-8-20(19)27-4/h5-6,11,16,18H,7-10,12-15H2,1-4H3;5-8,17-18H,9-16H2,1-4H3/t2*18-/m00/s1. The Balaban J connectivity index is 0.000000179. The molecule has 0 aromatic heterocycles. The fourth-order valence-corrected chi connectivity index (χ4v) is 10.1. The number of rotatable bonds is 6. The zero-order valence-electron chi connectivity index (χ0n) is 36.6. The molecule has 13 heteroatoms. The molecule has 2 aromatic carbocycles. The first-order valence-corrected chi connectivity index (χ1v) is 22.0. The molecule has 6 aliphatic heterocycles. The van der Waals surface area contributed by atoms with Crippen LogP contribution in [0, 0.1) is 0 Å². The lowest BCUT2D eigenvalue weighted by Crippen LogP contribution is -2.64. The van der Waals surface area contributed by atoms with E-state index in [9.17, 15) is 9.59 Å². The summed E-state index contributed by atoms with van der Waals surface area (Å²) >= 11 is 6.23. The van der Waals surface area contributed by atoms with Gasteiger partial charge in [0.1, 0.15) is 33.9 Å². The van der Waals surface area contributed by atoms with Crippen molar-refractivity contribution in [1.29, 1.82) is 0 Å². The summed E-state index contributed by atoms with van der Waals surface area (Å²) in [6.07, 6.45) is 5.99. The fraction of sp³-hybridized carbons (Fsp3) is 0.696. The molecule has 59 heavy (non-hydrogen) atoms. The topological polar surface area (TPSA) is 102 Å². The number of carbonyl (C=O) groups is 2. The third kappa shape index (κ3) is 10.4. The molecular weight excluding hydrogens is 772 g/mol. The molecule has 2 spiro atoms. The van der Waals surface area contributed by atoms with Crippen LogP contribution in [-0.2, 0) is 18.9 Å². The summed E-state index contributed by atoms with van der Waals surface area (Å²) in [5.74, 6) is 2.96. The Bertz CT molecular complexity index is 1770. The van der Waals surface area contributed by atoms with Gasteiger partial charge >= 0.3 is 12.2 Å². The Morgan fingerprint density at radius 2 is 1.07 bits per heavy atom. The van der Waals surface area contributed by atoms with E-state index in [4.69, 9.17) is 40.0 Å². The van der Waals surface area contributed by atoms with Gasteiger partial charge in [-0.2, -0.15) is 0 Å². The van der Waals surface area contributed by atoms with Gasteiger partial charge in [0, 0.05) is 17.1 Å². The van der Waals surface area contributed by atoms with Gasteiger partial charge in [-0.15, -0.1) is 0 Å². The summed E-state index contributed by atoms with van der Waals surface area (Å²) in [5, 5.41) is 0.763. The van der Waals surface area contributed by atoms with E-state index in [0.29, 0.717) is 50.1 Å². The highest BCUT2D eigenvalue weighted by Crippen LogP contribution is 2.42. The van der Waals surface area contributed by atoms with Gasteiger partial charge in [0.2, 0.25) is 0 Å². The van der Waals surface area contributed by atoms with Crippen molar-refractivity contribution in [2.75, 3.05) is 79.8 Å². The fourth-order valence-electron chi connectivity index (χ4n) is 9.94. The first-order valence-electron chi connectivity index (χ1n) is 21.6. The van der Waals surface area contributed by atoms with Crippen LogP contribution in [0.3, 0.4) is 0 Å². The molecule has 2 atom stereocenters. The first-order chi connectivity index (χ1) is 28.0. The van der Waals surface area contributed by atoms with Gasteiger partial charge in [-0.1, -0.05) is 29.8 Å². The van der Waals surface area contributed by atoms with Gasteiger partial charge in [-0.3, -0.25) is 9.80 Å². The zero-order valence-corrected chi connectivity index (χ0v) is 37.4. The van der Waals surface area contributed by atoms with Gasteiger partial charge in [-0.05, 0) is 153 Å². The summed E-state index contributed by atoms with van der Waals surface area (Å²) in [5.41, 5.74) is 1.28. The average Bonchev–Trinajstić information content (AvgIpc) is 3.83. The molecule has 0 saturated carbocycles. The number of likely N-dealkylation sites (tertiary alicyclic amines) is 4. The Kier molecular flexibility index (Phi) is 13.1. The molecule has 0 bridgehead atoms. The molecule has 0 N–H and O–H groups in total. The number of para-hydroxylation sites is 1. The Morgan fingerprint density at radius 3 is 1.51 bits per heavy atom. The molecule has 326 valence electrons. The Morgan fingerprint density at radius 1 is 0.644 bits per heavy atom. The van der Waals surface area contributed by atoms with E-state index >= 15 is 0 Å². The predicted molar refractivity (Wildman–Crippen MR) is 228 cm³/mol. The van der Waals surface area contributed by atoms with Crippen molar-refractivity contribution in [3.05, 3.63) is 58.6 Å². The summed E-state index contributed by atoms with van der Waals surface area (Å²) < 4.78 is 34.4. The van der Waals surface area contributed by atoms with Crippen molar-refractivity contribution in [3.63, 3.8) is 0 Å². The lowest BCUT2D eigenvalue weighted by Gasteiger charge is -2.47. The molecular formula is C46H67ClN4O8. The minimum atomic E-state index is -0.463. The molecule has 6 saturated heterocycles. The molecule has 6 aliphatic rings. The van der Waals surface area contributed by atoms with Crippen LogP contribution in [0.25, 0.3) is 0 Å². The number of benzene rings is 2. The van der Waals surface area contributed by atoms with Gasteiger partial charge in [0.15, 0.2) is 0 Å². The van der Waals surface area contributed by atoms with E-state index in [1.165, 1.54) is 11.1 Å². The van der Waals surface area contributed by atoms with E-state index in [-0.39, 0.29) is 23.4 Å². The minimum Gasteiger partial charge on any atom is -0.496 e. The van der Waals surface area contributed by atoms with E-state index < -0.39 is 11.2 Å². The second-order valence-electron chi connectivity index (χ2n) is 19.6. The van der Waals surface area contributed by atoms with Crippen molar-refractivity contribution >= 4 is 23.8 Å². The SMILES string of the molecule is COc1ccc(Cl)cc1C1CCN([C@@H]2COC3(C2)CN(C(=O)OC(C)(C)C)C3)CC1.COc1ccccc1C1CCN([C@@H]2COC3(C2)CN(C(=O)OC(C)(C)C)C3)CC1. The molecule has 0 radical (unpaired) electrons. The number of halogens is 1. The van der Waals surface area contributed by atoms with E-state index in [1.54, 1.807) is 24.0 Å². The summed E-state index contributed by atoms with van der Waals surface area (Å²) in [6.45, 7) is 19.7. The normalized spacial score (nSPS) is 24.9.